The van der Waals surface area contributed by atoms with Gasteiger partial charge in [0.25, 0.3) is 0 Å². The number of anilines is 5. The molecule has 2 aromatic carbocycles. The molecular weight excluding hydrogens is 392 g/mol. The highest BCUT2D eigenvalue weighted by Crippen LogP contribution is 2.18. The second kappa shape index (κ2) is 9.86. The van der Waals surface area contributed by atoms with Crippen molar-refractivity contribution in [1.82, 2.24) is 15.0 Å². The van der Waals surface area contributed by atoms with Crippen LogP contribution in [0.15, 0.2) is 59.7 Å². The van der Waals surface area contributed by atoms with Crippen molar-refractivity contribution in [3.63, 3.8) is 0 Å². The van der Waals surface area contributed by atoms with Gasteiger partial charge in [-0.3, -0.25) is 0 Å². The number of morpholine rings is 1. The number of para-hydroxylation sites is 1. The molecule has 0 unspecified atom stereocenters. The van der Waals surface area contributed by atoms with E-state index in [1.165, 1.54) is 0 Å². The molecule has 2 N–H and O–H groups in total. The first kappa shape index (κ1) is 20.5. The van der Waals surface area contributed by atoms with Crippen LogP contribution < -0.4 is 20.5 Å². The lowest BCUT2D eigenvalue weighted by Crippen LogP contribution is -2.37. The van der Waals surface area contributed by atoms with Gasteiger partial charge in [-0.1, -0.05) is 30.3 Å². The van der Waals surface area contributed by atoms with Crippen LogP contribution in [-0.2, 0) is 4.74 Å². The molecule has 31 heavy (non-hydrogen) atoms. The zero-order valence-corrected chi connectivity index (χ0v) is 17.7. The Kier molecular flexibility index (Phi) is 6.53. The summed E-state index contributed by atoms with van der Waals surface area (Å²) >= 11 is 0. The van der Waals surface area contributed by atoms with Gasteiger partial charge in [-0.15, -0.1) is 0 Å². The van der Waals surface area contributed by atoms with E-state index in [1.807, 2.05) is 68.7 Å². The topological polar surface area (TPSA) is 90.8 Å². The molecule has 1 fully saturated rings. The van der Waals surface area contributed by atoms with E-state index in [-0.39, 0.29) is 0 Å². The van der Waals surface area contributed by atoms with Gasteiger partial charge >= 0.3 is 0 Å². The van der Waals surface area contributed by atoms with Crippen molar-refractivity contribution in [1.29, 1.82) is 0 Å². The number of hydrogen-bond donors (Lipinski definition) is 2. The Morgan fingerprint density at radius 1 is 0.935 bits per heavy atom. The fourth-order valence-corrected chi connectivity index (χ4v) is 3.05. The highest BCUT2D eigenvalue weighted by Gasteiger charge is 2.16. The molecule has 160 valence electrons. The number of aromatic nitrogens is 3. The van der Waals surface area contributed by atoms with E-state index in [0.717, 1.165) is 30.0 Å². The van der Waals surface area contributed by atoms with Crippen LogP contribution in [0.25, 0.3) is 0 Å². The third kappa shape index (κ3) is 5.67. The second-order valence-electron chi connectivity index (χ2n) is 7.23. The molecule has 0 bridgehead atoms. The molecule has 1 aromatic heterocycles. The Morgan fingerprint density at radius 3 is 2.35 bits per heavy atom. The Balaban J connectivity index is 1.52. The summed E-state index contributed by atoms with van der Waals surface area (Å²) in [5, 5.41) is 7.54. The normalized spacial score (nSPS) is 13.9. The summed E-state index contributed by atoms with van der Waals surface area (Å²) < 4.78 is 5.44. The number of nitrogens with one attached hydrogen (secondary N) is 2. The quantitative estimate of drug-likeness (QED) is 0.447. The predicted octanol–water partition coefficient (Wildman–Crippen LogP) is 2.96. The number of ether oxygens (including phenoxy) is 1. The third-order valence-electron chi connectivity index (χ3n) is 4.74. The van der Waals surface area contributed by atoms with Gasteiger partial charge in [0.2, 0.25) is 17.8 Å². The summed E-state index contributed by atoms with van der Waals surface area (Å²) in [4.78, 5) is 17.7. The standard InChI is InChI=1S/C22H26N8O/c1-29(2)19-10-8-17(9-11-19)16-23-28-21-25-20(24-18-6-4-3-5-7-18)26-22(27-21)30-12-14-31-15-13-30/h3-11,16H,12-15H2,1-2H3,(H2,24,25,26,27,28)/b23-16-. The number of benzene rings is 2. The Labute approximate surface area is 181 Å². The smallest absolute Gasteiger partial charge is 0.250 e. The zero-order valence-electron chi connectivity index (χ0n) is 17.7. The SMILES string of the molecule is CN(C)c1ccc(/C=N\Nc2nc(Nc3ccccc3)nc(N3CCOCC3)n2)cc1. The molecule has 1 aliphatic rings. The fourth-order valence-electron chi connectivity index (χ4n) is 3.05. The monoisotopic (exact) mass is 418 g/mol. The van der Waals surface area contributed by atoms with Gasteiger partial charge in [0.1, 0.15) is 0 Å². The third-order valence-corrected chi connectivity index (χ3v) is 4.74. The van der Waals surface area contributed by atoms with E-state index >= 15 is 0 Å². The Hall–Kier alpha value is -3.72. The molecule has 0 atom stereocenters. The van der Waals surface area contributed by atoms with Crippen LogP contribution in [0.2, 0.25) is 0 Å². The average molecular weight is 419 g/mol. The molecule has 2 heterocycles. The van der Waals surface area contributed by atoms with Crippen LogP contribution in [0.4, 0.5) is 29.2 Å². The highest BCUT2D eigenvalue weighted by molar-refractivity contribution is 5.80. The zero-order chi connectivity index (χ0) is 21.5. The lowest BCUT2D eigenvalue weighted by Gasteiger charge is -2.27. The van der Waals surface area contributed by atoms with Gasteiger partial charge in [0.05, 0.1) is 19.4 Å². The number of hydrazone groups is 1. The molecule has 0 aliphatic carbocycles. The number of nitrogens with zero attached hydrogens (tertiary/aromatic N) is 6. The molecule has 3 aromatic rings. The molecule has 0 amide bonds. The van der Waals surface area contributed by atoms with Crippen molar-refractivity contribution < 1.29 is 4.74 Å². The lowest BCUT2D eigenvalue weighted by molar-refractivity contribution is 0.122. The molecule has 0 radical (unpaired) electrons. The lowest BCUT2D eigenvalue weighted by atomic mass is 10.2. The maximum atomic E-state index is 5.44. The number of hydrogen-bond acceptors (Lipinski definition) is 9. The van der Waals surface area contributed by atoms with Crippen LogP contribution in [-0.4, -0.2) is 61.6 Å². The molecule has 1 saturated heterocycles. The fraction of sp³-hybridized carbons (Fsp3) is 0.273. The van der Waals surface area contributed by atoms with Crippen molar-refractivity contribution in [3.8, 4) is 0 Å². The van der Waals surface area contributed by atoms with Gasteiger partial charge in [0, 0.05) is 38.6 Å². The van der Waals surface area contributed by atoms with Gasteiger partial charge in [-0.05, 0) is 29.8 Å². The summed E-state index contributed by atoms with van der Waals surface area (Å²) in [6.45, 7) is 2.76. The van der Waals surface area contributed by atoms with Crippen LogP contribution in [0.5, 0.6) is 0 Å². The molecule has 0 saturated carbocycles. The maximum absolute atomic E-state index is 5.44. The van der Waals surface area contributed by atoms with Gasteiger partial charge < -0.3 is 19.9 Å². The Bertz CT molecular complexity index is 1000. The largest absolute Gasteiger partial charge is 0.378 e. The first-order valence-corrected chi connectivity index (χ1v) is 10.1. The van der Waals surface area contributed by atoms with Crippen LogP contribution >= 0.6 is 0 Å². The van der Waals surface area contributed by atoms with Gasteiger partial charge in [0.15, 0.2) is 0 Å². The highest BCUT2D eigenvalue weighted by atomic mass is 16.5. The van der Waals surface area contributed by atoms with Crippen LogP contribution in [0.1, 0.15) is 5.56 Å². The molecule has 9 nitrogen and oxygen atoms in total. The van der Waals surface area contributed by atoms with E-state index in [2.05, 4.69) is 40.6 Å². The van der Waals surface area contributed by atoms with E-state index in [4.69, 9.17) is 4.74 Å². The van der Waals surface area contributed by atoms with Gasteiger partial charge in [-0.25, -0.2) is 5.43 Å². The minimum absolute atomic E-state index is 0.371. The van der Waals surface area contributed by atoms with E-state index in [1.54, 1.807) is 6.21 Å². The second-order valence-corrected chi connectivity index (χ2v) is 7.23. The van der Waals surface area contributed by atoms with Crippen LogP contribution in [0, 0.1) is 0 Å². The summed E-state index contributed by atoms with van der Waals surface area (Å²) in [5.41, 5.74) is 5.94. The van der Waals surface area contributed by atoms with Crippen molar-refractivity contribution in [2.75, 3.05) is 60.9 Å². The van der Waals surface area contributed by atoms with E-state index in [9.17, 15) is 0 Å². The molecule has 9 heteroatoms. The Morgan fingerprint density at radius 2 is 1.65 bits per heavy atom. The average Bonchev–Trinajstić information content (AvgIpc) is 2.80. The molecule has 4 rings (SSSR count). The van der Waals surface area contributed by atoms with Crippen molar-refractivity contribution >= 4 is 35.4 Å². The first-order valence-electron chi connectivity index (χ1n) is 10.1. The van der Waals surface area contributed by atoms with Crippen molar-refractivity contribution in [3.05, 3.63) is 60.2 Å². The van der Waals surface area contributed by atoms with Crippen molar-refractivity contribution in [2.24, 2.45) is 5.10 Å². The molecule has 0 spiro atoms. The van der Waals surface area contributed by atoms with E-state index in [0.29, 0.717) is 31.1 Å². The minimum atomic E-state index is 0.371. The summed E-state index contributed by atoms with van der Waals surface area (Å²) in [7, 11) is 4.02. The predicted molar refractivity (Wildman–Crippen MR) is 125 cm³/mol. The first-order chi connectivity index (χ1) is 15.2. The summed E-state index contributed by atoms with van der Waals surface area (Å²) in [6, 6.07) is 17.9. The van der Waals surface area contributed by atoms with Crippen molar-refractivity contribution in [2.45, 2.75) is 0 Å². The summed E-state index contributed by atoms with van der Waals surface area (Å²) in [6.07, 6.45) is 1.74. The summed E-state index contributed by atoms with van der Waals surface area (Å²) in [5.74, 6) is 1.41. The van der Waals surface area contributed by atoms with Crippen LogP contribution in [0.3, 0.4) is 0 Å². The molecular formula is C22H26N8O. The molecule has 1 aliphatic heterocycles. The minimum Gasteiger partial charge on any atom is -0.378 e. The number of rotatable bonds is 7. The van der Waals surface area contributed by atoms with E-state index < -0.39 is 0 Å². The van der Waals surface area contributed by atoms with Gasteiger partial charge in [-0.2, -0.15) is 20.1 Å². The maximum Gasteiger partial charge on any atom is 0.250 e.